The molecule has 1 unspecified atom stereocenters. The summed E-state index contributed by atoms with van der Waals surface area (Å²) >= 11 is 0. The minimum atomic E-state index is 0.250. The Hall–Kier alpha value is -0.820. The number of benzene rings is 1. The van der Waals surface area contributed by atoms with Crippen LogP contribution in [0.5, 0.6) is 0 Å². The zero-order valence-electron chi connectivity index (χ0n) is 11.4. The second kappa shape index (κ2) is 4.81. The minimum absolute atomic E-state index is 0.250. The van der Waals surface area contributed by atoms with E-state index in [0.717, 1.165) is 6.42 Å². The number of hydrogen-bond acceptors (Lipinski definition) is 1. The summed E-state index contributed by atoms with van der Waals surface area (Å²) in [5.74, 6) is 0. The highest BCUT2D eigenvalue weighted by molar-refractivity contribution is 5.38. The Balaban J connectivity index is 2.41. The molecule has 0 aromatic heterocycles. The number of hydrogen-bond donors (Lipinski definition) is 1. The third-order valence-corrected chi connectivity index (χ3v) is 4.42. The van der Waals surface area contributed by atoms with Crippen molar-refractivity contribution in [1.82, 2.24) is 0 Å². The number of fused-ring (bicyclic) bond motifs is 1. The molecule has 0 bridgehead atoms. The van der Waals surface area contributed by atoms with Crippen LogP contribution in [-0.2, 0) is 11.8 Å². The molecule has 1 heteroatoms. The minimum Gasteiger partial charge on any atom is -0.324 e. The molecule has 94 valence electrons. The monoisotopic (exact) mass is 231 g/mol. The zero-order valence-corrected chi connectivity index (χ0v) is 11.4. The van der Waals surface area contributed by atoms with E-state index in [4.69, 9.17) is 5.73 Å². The second-order valence-corrected chi connectivity index (χ2v) is 6.00. The first-order valence-electron chi connectivity index (χ1n) is 6.93. The fraction of sp³-hybridized carbons (Fsp3) is 0.625. The summed E-state index contributed by atoms with van der Waals surface area (Å²) in [6.07, 6.45) is 6.07. The second-order valence-electron chi connectivity index (χ2n) is 6.00. The first kappa shape index (κ1) is 12.6. The van der Waals surface area contributed by atoms with E-state index in [9.17, 15) is 0 Å². The van der Waals surface area contributed by atoms with Crippen LogP contribution in [0.25, 0.3) is 0 Å². The molecule has 1 atom stereocenters. The van der Waals surface area contributed by atoms with Crippen LogP contribution in [0.2, 0.25) is 0 Å². The van der Waals surface area contributed by atoms with Crippen LogP contribution < -0.4 is 5.73 Å². The fourth-order valence-electron chi connectivity index (χ4n) is 2.63. The Morgan fingerprint density at radius 1 is 1.29 bits per heavy atom. The molecule has 2 N–H and O–H groups in total. The lowest BCUT2D eigenvalue weighted by atomic mass is 9.80. The van der Waals surface area contributed by atoms with Gasteiger partial charge in [-0.05, 0) is 47.8 Å². The lowest BCUT2D eigenvalue weighted by Crippen LogP contribution is -2.18. The summed E-state index contributed by atoms with van der Waals surface area (Å²) in [7, 11) is 0. The molecule has 1 nitrogen and oxygen atoms in total. The highest BCUT2D eigenvalue weighted by atomic mass is 14.6. The zero-order chi connectivity index (χ0) is 12.5. The topological polar surface area (TPSA) is 26.0 Å². The summed E-state index contributed by atoms with van der Waals surface area (Å²) in [5, 5.41) is 0. The SMILES string of the molecule is CCC(C)(C)c1ccc2c(c1)C(N)CCCC2. The van der Waals surface area contributed by atoms with Gasteiger partial charge in [0.25, 0.3) is 0 Å². The molecule has 0 saturated heterocycles. The first-order valence-corrected chi connectivity index (χ1v) is 6.93. The average molecular weight is 231 g/mol. The summed E-state index contributed by atoms with van der Waals surface area (Å²) in [4.78, 5) is 0. The van der Waals surface area contributed by atoms with E-state index in [2.05, 4.69) is 39.0 Å². The van der Waals surface area contributed by atoms with E-state index < -0.39 is 0 Å². The molecule has 0 saturated carbocycles. The van der Waals surface area contributed by atoms with E-state index in [1.807, 2.05) is 0 Å². The van der Waals surface area contributed by atoms with Crippen LogP contribution in [-0.4, -0.2) is 0 Å². The summed E-state index contributed by atoms with van der Waals surface area (Å²) in [6.45, 7) is 6.89. The van der Waals surface area contributed by atoms with E-state index in [1.165, 1.54) is 42.4 Å². The van der Waals surface area contributed by atoms with E-state index >= 15 is 0 Å². The maximum atomic E-state index is 6.30. The summed E-state index contributed by atoms with van der Waals surface area (Å²) in [6, 6.07) is 7.24. The van der Waals surface area contributed by atoms with Crippen molar-refractivity contribution in [3.63, 3.8) is 0 Å². The van der Waals surface area contributed by atoms with Crippen molar-refractivity contribution in [1.29, 1.82) is 0 Å². The van der Waals surface area contributed by atoms with Crippen molar-refractivity contribution in [2.24, 2.45) is 5.73 Å². The Morgan fingerprint density at radius 2 is 2.06 bits per heavy atom. The molecule has 1 aromatic rings. The Kier molecular flexibility index (Phi) is 3.58. The van der Waals surface area contributed by atoms with Gasteiger partial charge in [0, 0.05) is 6.04 Å². The molecule has 1 aliphatic carbocycles. The third-order valence-electron chi connectivity index (χ3n) is 4.42. The number of nitrogens with two attached hydrogens (primary N) is 1. The van der Waals surface area contributed by atoms with E-state index in [-0.39, 0.29) is 11.5 Å². The Labute approximate surface area is 105 Å². The van der Waals surface area contributed by atoms with Crippen LogP contribution in [0.1, 0.15) is 69.2 Å². The molecule has 1 aliphatic rings. The van der Waals surface area contributed by atoms with Gasteiger partial charge in [0.2, 0.25) is 0 Å². The van der Waals surface area contributed by atoms with Crippen molar-refractivity contribution in [3.05, 3.63) is 34.9 Å². The molecule has 0 aliphatic heterocycles. The molecule has 17 heavy (non-hydrogen) atoms. The van der Waals surface area contributed by atoms with Crippen molar-refractivity contribution >= 4 is 0 Å². The third kappa shape index (κ3) is 2.55. The molecule has 0 amide bonds. The standard InChI is InChI=1S/C16H25N/c1-4-16(2,3)13-10-9-12-7-5-6-8-15(17)14(12)11-13/h9-11,15H,4-8,17H2,1-3H3. The molecular formula is C16H25N. The lowest BCUT2D eigenvalue weighted by molar-refractivity contribution is 0.504. The van der Waals surface area contributed by atoms with Crippen molar-refractivity contribution in [2.45, 2.75) is 64.3 Å². The van der Waals surface area contributed by atoms with Crippen LogP contribution >= 0.6 is 0 Å². The van der Waals surface area contributed by atoms with Gasteiger partial charge in [0.1, 0.15) is 0 Å². The highest BCUT2D eigenvalue weighted by Crippen LogP contribution is 2.33. The van der Waals surface area contributed by atoms with Gasteiger partial charge < -0.3 is 5.73 Å². The van der Waals surface area contributed by atoms with Gasteiger partial charge in [0.15, 0.2) is 0 Å². The molecule has 2 rings (SSSR count). The van der Waals surface area contributed by atoms with Gasteiger partial charge in [0.05, 0.1) is 0 Å². The number of aryl methyl sites for hydroxylation is 1. The fourth-order valence-corrected chi connectivity index (χ4v) is 2.63. The number of rotatable bonds is 2. The predicted molar refractivity (Wildman–Crippen MR) is 74.2 cm³/mol. The van der Waals surface area contributed by atoms with Gasteiger partial charge in [-0.1, -0.05) is 45.4 Å². The Morgan fingerprint density at radius 3 is 2.76 bits per heavy atom. The van der Waals surface area contributed by atoms with Gasteiger partial charge in [-0.3, -0.25) is 0 Å². The Bertz CT molecular complexity index is 393. The molecule has 0 radical (unpaired) electrons. The molecular weight excluding hydrogens is 206 g/mol. The van der Waals surface area contributed by atoms with Crippen LogP contribution in [0, 0.1) is 0 Å². The van der Waals surface area contributed by atoms with Crippen molar-refractivity contribution < 1.29 is 0 Å². The van der Waals surface area contributed by atoms with Gasteiger partial charge >= 0.3 is 0 Å². The van der Waals surface area contributed by atoms with E-state index in [0.29, 0.717) is 0 Å². The maximum Gasteiger partial charge on any atom is 0.0297 e. The summed E-state index contributed by atoms with van der Waals surface area (Å²) in [5.41, 5.74) is 10.9. The molecule has 0 spiro atoms. The predicted octanol–water partition coefficient (Wildman–Crippen LogP) is 4.10. The summed E-state index contributed by atoms with van der Waals surface area (Å²) < 4.78 is 0. The van der Waals surface area contributed by atoms with Crippen LogP contribution in [0.3, 0.4) is 0 Å². The lowest BCUT2D eigenvalue weighted by Gasteiger charge is -2.25. The average Bonchev–Trinajstić information content (AvgIpc) is 2.51. The normalized spacial score (nSPS) is 20.8. The van der Waals surface area contributed by atoms with Crippen LogP contribution in [0.4, 0.5) is 0 Å². The smallest absolute Gasteiger partial charge is 0.0297 e. The highest BCUT2D eigenvalue weighted by Gasteiger charge is 2.21. The molecule has 1 aromatic carbocycles. The largest absolute Gasteiger partial charge is 0.324 e. The van der Waals surface area contributed by atoms with Gasteiger partial charge in [-0.25, -0.2) is 0 Å². The molecule has 0 heterocycles. The van der Waals surface area contributed by atoms with Crippen LogP contribution in [0.15, 0.2) is 18.2 Å². The maximum absolute atomic E-state index is 6.30. The van der Waals surface area contributed by atoms with Gasteiger partial charge in [-0.15, -0.1) is 0 Å². The van der Waals surface area contributed by atoms with Gasteiger partial charge in [-0.2, -0.15) is 0 Å². The van der Waals surface area contributed by atoms with Crippen molar-refractivity contribution in [3.8, 4) is 0 Å². The quantitative estimate of drug-likeness (QED) is 0.762. The van der Waals surface area contributed by atoms with E-state index in [1.54, 1.807) is 0 Å². The van der Waals surface area contributed by atoms with Crippen molar-refractivity contribution in [2.75, 3.05) is 0 Å². The molecule has 0 fully saturated rings. The first-order chi connectivity index (χ1) is 8.04.